The van der Waals surface area contributed by atoms with Gasteiger partial charge in [0, 0.05) is 13.1 Å². The molecule has 104 valence electrons. The van der Waals surface area contributed by atoms with E-state index in [1.54, 1.807) is 6.20 Å². The molecule has 0 radical (unpaired) electrons. The van der Waals surface area contributed by atoms with Crippen molar-refractivity contribution in [3.8, 4) is 0 Å². The van der Waals surface area contributed by atoms with Gasteiger partial charge in [0.2, 0.25) is 5.88 Å². The smallest absolute Gasteiger partial charge is 0.414 e. The molecule has 0 fully saturated rings. The van der Waals surface area contributed by atoms with Crippen molar-refractivity contribution in [1.82, 2.24) is 10.1 Å². The molecule has 2 heterocycles. The number of hydrogen-bond donors (Lipinski definition) is 3. The highest BCUT2D eigenvalue weighted by Crippen LogP contribution is 2.24. The fraction of sp³-hybridized carbons (Fsp3) is 0.364. The van der Waals surface area contributed by atoms with Gasteiger partial charge in [-0.05, 0) is 19.0 Å². The number of aliphatic carboxylic acids is 2. The van der Waals surface area contributed by atoms with E-state index in [2.05, 4.69) is 23.2 Å². The monoisotopic (exact) mass is 269 g/mol. The van der Waals surface area contributed by atoms with Gasteiger partial charge in [-0.3, -0.25) is 0 Å². The first-order chi connectivity index (χ1) is 8.91. The minimum atomic E-state index is -1.82. The number of anilines is 1. The molecule has 0 aliphatic carbocycles. The SMILES string of the molecule is CN1CCC=C(c2cnoc2N)C1.O=C(O)C(=O)O. The Bertz CT molecular complexity index is 482. The highest BCUT2D eigenvalue weighted by atomic mass is 16.5. The van der Waals surface area contributed by atoms with Crippen LogP contribution in [0.5, 0.6) is 0 Å². The second kappa shape index (κ2) is 6.55. The van der Waals surface area contributed by atoms with Gasteiger partial charge in [-0.15, -0.1) is 0 Å². The molecule has 2 rings (SSSR count). The summed E-state index contributed by atoms with van der Waals surface area (Å²) in [6.45, 7) is 2.03. The molecule has 4 N–H and O–H groups in total. The third-order valence-corrected chi connectivity index (χ3v) is 2.47. The van der Waals surface area contributed by atoms with Gasteiger partial charge >= 0.3 is 11.9 Å². The molecule has 19 heavy (non-hydrogen) atoms. The average molecular weight is 269 g/mol. The molecule has 0 spiro atoms. The fourth-order valence-corrected chi connectivity index (χ4v) is 1.58. The normalized spacial score (nSPS) is 15.1. The van der Waals surface area contributed by atoms with E-state index in [4.69, 9.17) is 30.1 Å². The number of aromatic nitrogens is 1. The molecule has 1 aromatic rings. The molecule has 0 amide bonds. The number of nitrogens with zero attached hydrogens (tertiary/aromatic N) is 2. The lowest BCUT2D eigenvalue weighted by molar-refractivity contribution is -0.159. The summed E-state index contributed by atoms with van der Waals surface area (Å²) in [5, 5.41) is 18.4. The van der Waals surface area contributed by atoms with Gasteiger partial charge in [-0.2, -0.15) is 0 Å². The highest BCUT2D eigenvalue weighted by molar-refractivity contribution is 6.27. The molecule has 0 aromatic carbocycles. The zero-order chi connectivity index (χ0) is 14.4. The van der Waals surface area contributed by atoms with E-state index in [-0.39, 0.29) is 0 Å². The summed E-state index contributed by atoms with van der Waals surface area (Å²) in [6, 6.07) is 0. The quantitative estimate of drug-likeness (QED) is 0.613. The predicted octanol–water partition coefficient (Wildman–Crippen LogP) is 0.131. The second-order valence-corrected chi connectivity index (χ2v) is 3.97. The summed E-state index contributed by atoms with van der Waals surface area (Å²) in [5.74, 6) is -3.23. The van der Waals surface area contributed by atoms with E-state index in [9.17, 15) is 0 Å². The number of carboxylic acids is 2. The van der Waals surface area contributed by atoms with Crippen molar-refractivity contribution < 1.29 is 24.3 Å². The standard InChI is InChI=1S/C9H13N3O.C2H2O4/c1-12-4-2-3-7(6-12)8-5-11-13-9(8)10;3-1(4)2(5)6/h3,5H,2,4,6,10H2,1H3;(H,3,4)(H,5,6). The first-order valence-corrected chi connectivity index (χ1v) is 5.46. The van der Waals surface area contributed by atoms with Crippen LogP contribution in [0.3, 0.4) is 0 Å². The third kappa shape index (κ3) is 4.43. The molecule has 1 aliphatic rings. The van der Waals surface area contributed by atoms with Crippen molar-refractivity contribution in [3.63, 3.8) is 0 Å². The molecule has 0 saturated carbocycles. The lowest BCUT2D eigenvalue weighted by Crippen LogP contribution is -2.24. The van der Waals surface area contributed by atoms with Crippen LogP contribution in [-0.4, -0.2) is 52.3 Å². The molecule has 1 aromatic heterocycles. The Morgan fingerprint density at radius 1 is 1.42 bits per heavy atom. The van der Waals surface area contributed by atoms with Crippen LogP contribution < -0.4 is 5.73 Å². The van der Waals surface area contributed by atoms with Gasteiger partial charge in [0.25, 0.3) is 0 Å². The Morgan fingerprint density at radius 2 is 2.05 bits per heavy atom. The number of nitrogens with two attached hydrogens (primary N) is 1. The van der Waals surface area contributed by atoms with Crippen LogP contribution in [0.2, 0.25) is 0 Å². The van der Waals surface area contributed by atoms with Gasteiger partial charge in [0.1, 0.15) is 0 Å². The van der Waals surface area contributed by atoms with Crippen LogP contribution in [0.25, 0.3) is 5.57 Å². The number of likely N-dealkylation sites (N-methyl/N-ethyl adjacent to an activating group) is 1. The minimum Gasteiger partial charge on any atom is -0.473 e. The van der Waals surface area contributed by atoms with Crippen molar-refractivity contribution in [2.24, 2.45) is 0 Å². The number of rotatable bonds is 1. The summed E-state index contributed by atoms with van der Waals surface area (Å²) in [7, 11) is 2.09. The largest absolute Gasteiger partial charge is 0.473 e. The molecule has 8 nitrogen and oxygen atoms in total. The molecule has 0 saturated heterocycles. The van der Waals surface area contributed by atoms with Crippen LogP contribution in [0.15, 0.2) is 16.8 Å². The Kier molecular flexibility index (Phi) is 5.07. The number of carbonyl (C=O) groups is 2. The Morgan fingerprint density at radius 3 is 2.47 bits per heavy atom. The lowest BCUT2D eigenvalue weighted by Gasteiger charge is -2.22. The van der Waals surface area contributed by atoms with Gasteiger partial charge in [-0.1, -0.05) is 11.2 Å². The van der Waals surface area contributed by atoms with Gasteiger partial charge in [-0.25, -0.2) is 9.59 Å². The summed E-state index contributed by atoms with van der Waals surface area (Å²) >= 11 is 0. The van der Waals surface area contributed by atoms with Crippen molar-refractivity contribution in [1.29, 1.82) is 0 Å². The Balaban J connectivity index is 0.000000258. The summed E-state index contributed by atoms with van der Waals surface area (Å²) in [6.07, 6.45) is 4.94. The fourth-order valence-electron chi connectivity index (χ4n) is 1.58. The van der Waals surface area contributed by atoms with E-state index < -0.39 is 11.9 Å². The molecule has 1 aliphatic heterocycles. The summed E-state index contributed by atoms with van der Waals surface area (Å²) < 4.78 is 4.82. The van der Waals surface area contributed by atoms with Crippen LogP contribution >= 0.6 is 0 Å². The maximum Gasteiger partial charge on any atom is 0.414 e. The molecular weight excluding hydrogens is 254 g/mol. The summed E-state index contributed by atoms with van der Waals surface area (Å²) in [4.78, 5) is 20.5. The van der Waals surface area contributed by atoms with E-state index in [0.717, 1.165) is 25.1 Å². The van der Waals surface area contributed by atoms with Crippen LogP contribution in [0.4, 0.5) is 5.88 Å². The van der Waals surface area contributed by atoms with Crippen molar-refractivity contribution in [3.05, 3.63) is 17.8 Å². The van der Waals surface area contributed by atoms with Crippen molar-refractivity contribution >= 4 is 23.4 Å². The lowest BCUT2D eigenvalue weighted by atomic mass is 10.0. The highest BCUT2D eigenvalue weighted by Gasteiger charge is 2.14. The van der Waals surface area contributed by atoms with Crippen LogP contribution in [0.1, 0.15) is 12.0 Å². The maximum absolute atomic E-state index is 9.10. The topological polar surface area (TPSA) is 130 Å². The van der Waals surface area contributed by atoms with Crippen molar-refractivity contribution in [2.45, 2.75) is 6.42 Å². The Hall–Kier alpha value is -2.35. The molecule has 0 bridgehead atoms. The van der Waals surface area contributed by atoms with E-state index >= 15 is 0 Å². The van der Waals surface area contributed by atoms with E-state index in [0.29, 0.717) is 5.88 Å². The third-order valence-electron chi connectivity index (χ3n) is 2.47. The minimum absolute atomic E-state index is 0.418. The first kappa shape index (κ1) is 14.7. The number of nitrogen functional groups attached to an aromatic ring is 1. The van der Waals surface area contributed by atoms with E-state index in [1.807, 2.05) is 0 Å². The summed E-state index contributed by atoms with van der Waals surface area (Å²) in [5.41, 5.74) is 7.78. The number of carboxylic acid groups (broad SMARTS) is 2. The average Bonchev–Trinajstić information content (AvgIpc) is 2.76. The molecular formula is C11H15N3O5. The number of hydrogen-bond acceptors (Lipinski definition) is 6. The molecule has 0 atom stereocenters. The maximum atomic E-state index is 9.10. The predicted molar refractivity (Wildman–Crippen MR) is 66.3 cm³/mol. The van der Waals surface area contributed by atoms with Crippen molar-refractivity contribution in [2.75, 3.05) is 25.9 Å². The van der Waals surface area contributed by atoms with E-state index in [1.165, 1.54) is 5.57 Å². The first-order valence-electron chi connectivity index (χ1n) is 5.46. The zero-order valence-electron chi connectivity index (χ0n) is 10.4. The zero-order valence-corrected chi connectivity index (χ0v) is 10.4. The van der Waals surface area contributed by atoms with Gasteiger partial charge in [0.15, 0.2) is 0 Å². The molecule has 8 heteroatoms. The second-order valence-electron chi connectivity index (χ2n) is 3.97. The molecule has 0 unspecified atom stereocenters. The van der Waals surface area contributed by atoms with Crippen LogP contribution in [-0.2, 0) is 9.59 Å². The van der Waals surface area contributed by atoms with Crippen LogP contribution in [0, 0.1) is 0 Å². The Labute approximate surface area is 109 Å². The van der Waals surface area contributed by atoms with Gasteiger partial charge in [0.05, 0.1) is 11.8 Å². The van der Waals surface area contributed by atoms with Gasteiger partial charge < -0.3 is 25.4 Å².